The van der Waals surface area contributed by atoms with Crippen molar-refractivity contribution >= 4 is 28.7 Å². The average Bonchev–Trinajstić information content (AvgIpc) is 3.40. The van der Waals surface area contributed by atoms with E-state index in [2.05, 4.69) is 15.4 Å². The number of rotatable bonds is 8. The van der Waals surface area contributed by atoms with E-state index < -0.39 is 58.2 Å². The SMILES string of the molecule is CC(NC(c1cccc(Nc2c(OC(=O)C(F)(F)F)c(=O)c2=O)c1)c1cccs1)c1ccc(F)c(F)c1. The molecule has 2 atom stereocenters. The Hall–Kier alpha value is -3.90. The molecule has 3 aromatic carbocycles. The molecular formula is C25H17F5N2O4S. The predicted molar refractivity (Wildman–Crippen MR) is 127 cm³/mol. The molecule has 2 N–H and O–H groups in total. The van der Waals surface area contributed by atoms with Gasteiger partial charge in [0.1, 0.15) is 5.69 Å². The molecule has 0 fully saturated rings. The van der Waals surface area contributed by atoms with Gasteiger partial charge in [0.05, 0.1) is 6.04 Å². The number of hydrogen-bond donors (Lipinski definition) is 2. The Morgan fingerprint density at radius 2 is 1.70 bits per heavy atom. The maximum absolute atomic E-state index is 13.8. The van der Waals surface area contributed by atoms with Crippen LogP contribution in [-0.2, 0) is 4.79 Å². The Morgan fingerprint density at radius 1 is 0.946 bits per heavy atom. The number of nitrogens with one attached hydrogen (secondary N) is 2. The molecule has 6 nitrogen and oxygen atoms in total. The van der Waals surface area contributed by atoms with Crippen molar-refractivity contribution in [2.45, 2.75) is 25.2 Å². The Kier molecular flexibility index (Phi) is 7.23. The van der Waals surface area contributed by atoms with Gasteiger partial charge in [0.25, 0.3) is 10.9 Å². The maximum atomic E-state index is 13.8. The number of thiophene rings is 1. The predicted octanol–water partition coefficient (Wildman–Crippen LogP) is 5.27. The van der Waals surface area contributed by atoms with E-state index in [0.717, 1.165) is 17.0 Å². The third kappa shape index (κ3) is 5.59. The molecule has 0 saturated heterocycles. The lowest BCUT2D eigenvalue weighted by atomic mass is 10.0. The highest BCUT2D eigenvalue weighted by Gasteiger charge is 2.43. The van der Waals surface area contributed by atoms with Crippen molar-refractivity contribution in [2.24, 2.45) is 0 Å². The largest absolute Gasteiger partial charge is 0.491 e. The first-order valence-electron chi connectivity index (χ1n) is 10.7. The van der Waals surface area contributed by atoms with Crippen LogP contribution in [0.5, 0.6) is 5.75 Å². The zero-order chi connectivity index (χ0) is 26.9. The van der Waals surface area contributed by atoms with Crippen molar-refractivity contribution in [2.75, 3.05) is 5.32 Å². The molecule has 0 radical (unpaired) electrons. The van der Waals surface area contributed by atoms with Gasteiger partial charge in [0, 0.05) is 16.6 Å². The maximum Gasteiger partial charge on any atom is 0.491 e. The van der Waals surface area contributed by atoms with Crippen molar-refractivity contribution < 1.29 is 31.5 Å². The lowest BCUT2D eigenvalue weighted by molar-refractivity contribution is -0.189. The minimum Gasteiger partial charge on any atom is -0.413 e. The molecule has 37 heavy (non-hydrogen) atoms. The summed E-state index contributed by atoms with van der Waals surface area (Å²) in [5, 5.41) is 7.74. The molecule has 4 rings (SSSR count). The molecule has 0 aliphatic carbocycles. The van der Waals surface area contributed by atoms with Gasteiger partial charge in [0.15, 0.2) is 11.6 Å². The number of halogens is 5. The zero-order valence-corrected chi connectivity index (χ0v) is 19.7. The summed E-state index contributed by atoms with van der Waals surface area (Å²) in [6.07, 6.45) is -5.35. The summed E-state index contributed by atoms with van der Waals surface area (Å²) in [7, 11) is 0. The van der Waals surface area contributed by atoms with Crippen molar-refractivity contribution in [3.8, 4) is 5.75 Å². The fourth-order valence-electron chi connectivity index (χ4n) is 3.60. The van der Waals surface area contributed by atoms with Crippen LogP contribution in [0.15, 0.2) is 69.6 Å². The molecule has 0 aliphatic rings. The van der Waals surface area contributed by atoms with Crippen molar-refractivity contribution in [1.29, 1.82) is 0 Å². The summed E-state index contributed by atoms with van der Waals surface area (Å²) in [6, 6.07) is 12.8. The van der Waals surface area contributed by atoms with Crippen LogP contribution in [0.2, 0.25) is 0 Å². The Balaban J connectivity index is 1.61. The van der Waals surface area contributed by atoms with Gasteiger partial charge in [0.2, 0.25) is 5.75 Å². The highest BCUT2D eigenvalue weighted by molar-refractivity contribution is 7.10. The summed E-state index contributed by atoms with van der Waals surface area (Å²) >= 11 is 1.43. The van der Waals surface area contributed by atoms with Gasteiger partial charge >= 0.3 is 12.1 Å². The van der Waals surface area contributed by atoms with E-state index in [1.807, 2.05) is 17.5 Å². The van der Waals surface area contributed by atoms with E-state index >= 15 is 0 Å². The third-order valence-corrected chi connectivity index (χ3v) is 6.41. The molecule has 2 unspecified atom stereocenters. The minimum absolute atomic E-state index is 0.234. The van der Waals surface area contributed by atoms with Gasteiger partial charge < -0.3 is 10.1 Å². The second-order valence-electron chi connectivity index (χ2n) is 8.01. The van der Waals surface area contributed by atoms with Gasteiger partial charge in [-0.2, -0.15) is 13.2 Å². The number of carbonyl (C=O) groups excluding carboxylic acids is 1. The minimum atomic E-state index is -5.35. The van der Waals surface area contributed by atoms with Crippen LogP contribution < -0.4 is 26.2 Å². The van der Waals surface area contributed by atoms with Gasteiger partial charge in [-0.3, -0.25) is 14.9 Å². The van der Waals surface area contributed by atoms with E-state index in [9.17, 15) is 36.3 Å². The van der Waals surface area contributed by atoms with Crippen LogP contribution in [0.25, 0.3) is 0 Å². The van der Waals surface area contributed by atoms with Crippen LogP contribution in [-0.4, -0.2) is 12.1 Å². The normalized spacial score (nSPS) is 13.4. The fraction of sp³-hybridized carbons (Fsp3) is 0.160. The van der Waals surface area contributed by atoms with Gasteiger partial charge in [-0.15, -0.1) is 11.3 Å². The second kappa shape index (κ2) is 10.2. The molecule has 0 spiro atoms. The number of benzene rings is 2. The fourth-order valence-corrected chi connectivity index (χ4v) is 4.41. The summed E-state index contributed by atoms with van der Waals surface area (Å²) in [5.74, 6) is -5.59. The quantitative estimate of drug-likeness (QED) is 0.181. The number of alkyl halides is 3. The van der Waals surface area contributed by atoms with E-state index in [-0.39, 0.29) is 5.69 Å². The Morgan fingerprint density at radius 3 is 2.35 bits per heavy atom. The first-order valence-corrected chi connectivity index (χ1v) is 11.6. The van der Waals surface area contributed by atoms with E-state index in [1.54, 1.807) is 25.1 Å². The lowest BCUT2D eigenvalue weighted by Gasteiger charge is -2.24. The topological polar surface area (TPSA) is 84.5 Å². The van der Waals surface area contributed by atoms with E-state index in [1.165, 1.54) is 23.5 Å². The lowest BCUT2D eigenvalue weighted by Crippen LogP contribution is -2.39. The van der Waals surface area contributed by atoms with Crippen LogP contribution >= 0.6 is 11.3 Å². The van der Waals surface area contributed by atoms with E-state index in [4.69, 9.17) is 0 Å². The third-order valence-electron chi connectivity index (χ3n) is 5.47. The highest BCUT2D eigenvalue weighted by atomic mass is 32.1. The molecule has 192 valence electrons. The van der Waals surface area contributed by atoms with E-state index in [0.29, 0.717) is 11.1 Å². The Labute approximate surface area is 210 Å². The molecule has 1 heterocycles. The number of carbonyl (C=O) groups is 1. The average molecular weight is 536 g/mol. The molecule has 0 bridgehead atoms. The number of hydrogen-bond acceptors (Lipinski definition) is 7. The summed E-state index contributed by atoms with van der Waals surface area (Å²) in [5.41, 5.74) is -1.68. The molecular weight excluding hydrogens is 519 g/mol. The molecule has 0 aliphatic heterocycles. The summed E-state index contributed by atoms with van der Waals surface area (Å²) in [4.78, 5) is 35.7. The van der Waals surface area contributed by atoms with Crippen molar-refractivity contribution in [3.05, 3.63) is 108 Å². The number of esters is 1. The molecule has 1 aromatic heterocycles. The van der Waals surface area contributed by atoms with Crippen LogP contribution in [0.4, 0.5) is 33.3 Å². The van der Waals surface area contributed by atoms with Crippen LogP contribution in [0.3, 0.4) is 0 Å². The second-order valence-corrected chi connectivity index (χ2v) is 8.99. The highest BCUT2D eigenvalue weighted by Crippen LogP contribution is 2.32. The van der Waals surface area contributed by atoms with Crippen molar-refractivity contribution in [3.63, 3.8) is 0 Å². The van der Waals surface area contributed by atoms with Crippen LogP contribution in [0.1, 0.15) is 35.0 Å². The van der Waals surface area contributed by atoms with Gasteiger partial charge in [-0.05, 0) is 53.8 Å². The number of anilines is 2. The summed E-state index contributed by atoms with van der Waals surface area (Å²) in [6.45, 7) is 1.76. The number of ether oxygens (including phenoxy) is 1. The summed E-state index contributed by atoms with van der Waals surface area (Å²) < 4.78 is 68.8. The smallest absolute Gasteiger partial charge is 0.413 e. The monoisotopic (exact) mass is 536 g/mol. The Bertz CT molecular complexity index is 1510. The first kappa shape index (κ1) is 26.2. The molecule has 12 heteroatoms. The van der Waals surface area contributed by atoms with Crippen LogP contribution in [0, 0.1) is 11.6 Å². The standard InChI is InChI=1S/C25H17F5N2O4S/c1-12(13-7-8-16(26)17(27)11-13)31-19(18-6-3-9-37-18)14-4-2-5-15(10-14)32-20-21(33)22(34)23(20)36-24(35)25(28,29)30/h2-12,19,31-32H,1H3. The first-order chi connectivity index (χ1) is 17.5. The van der Waals surface area contributed by atoms with Gasteiger partial charge in [-0.25, -0.2) is 13.6 Å². The van der Waals surface area contributed by atoms with Gasteiger partial charge in [-0.1, -0.05) is 24.3 Å². The zero-order valence-electron chi connectivity index (χ0n) is 18.9. The molecule has 0 saturated carbocycles. The molecule has 4 aromatic rings. The van der Waals surface area contributed by atoms with Crippen molar-refractivity contribution in [1.82, 2.24) is 5.32 Å². The molecule has 0 amide bonds.